The van der Waals surface area contributed by atoms with E-state index in [-0.39, 0.29) is 10.5 Å². The fraction of sp³-hybridized carbons (Fsp3) is 0.192. The smallest absolute Gasteiger partial charge is 0.338 e. The van der Waals surface area contributed by atoms with Gasteiger partial charge < -0.3 is 4.74 Å². The van der Waals surface area contributed by atoms with Gasteiger partial charge in [-0.2, -0.15) is 9.41 Å². The first-order chi connectivity index (χ1) is 16.9. The van der Waals surface area contributed by atoms with Gasteiger partial charge in [0.1, 0.15) is 0 Å². The van der Waals surface area contributed by atoms with E-state index < -0.39 is 28.5 Å². The molecule has 0 aliphatic carbocycles. The van der Waals surface area contributed by atoms with Crippen LogP contribution >= 0.6 is 0 Å². The highest BCUT2D eigenvalue weighted by Gasteiger charge is 2.27. The number of amides is 1. The molecule has 0 aromatic heterocycles. The molecule has 1 saturated heterocycles. The van der Waals surface area contributed by atoms with Crippen LogP contribution in [-0.4, -0.2) is 50.0 Å². The zero-order valence-electron chi connectivity index (χ0n) is 19.0. The van der Waals surface area contributed by atoms with Crippen LogP contribution in [0.25, 0.3) is 0 Å². The fourth-order valence-corrected chi connectivity index (χ4v) is 5.21. The molecule has 4 rings (SSSR count). The summed E-state index contributed by atoms with van der Waals surface area (Å²) in [5, 5.41) is 4.25. The predicted octanol–water partition coefficient (Wildman–Crippen LogP) is 3.20. The van der Waals surface area contributed by atoms with Crippen molar-refractivity contribution in [3.05, 3.63) is 102 Å². The zero-order valence-corrected chi connectivity index (χ0v) is 19.8. The molecule has 180 valence electrons. The maximum absolute atomic E-state index is 12.6. The molecule has 1 amide bonds. The van der Waals surface area contributed by atoms with Gasteiger partial charge in [0, 0.05) is 24.2 Å². The molecule has 3 aromatic rings. The third-order valence-corrected chi connectivity index (χ3v) is 7.43. The standard InChI is InChI=1S/C26H25N3O5S/c30-24(27-28-25(20-9-3-1-4-10-20)21-11-5-2-6-12-21)19-34-26(31)22-13-15-23(16-14-22)35(32,33)29-17-7-8-18-29/h1-6,9-16H,7-8,17-19H2,(H,27,30). The van der Waals surface area contributed by atoms with Gasteiger partial charge in [-0.1, -0.05) is 60.7 Å². The first-order valence-electron chi connectivity index (χ1n) is 11.2. The van der Waals surface area contributed by atoms with Crippen molar-refractivity contribution in [1.82, 2.24) is 9.73 Å². The van der Waals surface area contributed by atoms with E-state index in [1.807, 2.05) is 60.7 Å². The Kier molecular flexibility index (Phi) is 7.69. The Balaban J connectivity index is 1.37. The van der Waals surface area contributed by atoms with E-state index in [1.54, 1.807) is 0 Å². The van der Waals surface area contributed by atoms with E-state index in [4.69, 9.17) is 4.74 Å². The van der Waals surface area contributed by atoms with Crippen LogP contribution in [0.4, 0.5) is 0 Å². The molecule has 8 nitrogen and oxygen atoms in total. The minimum atomic E-state index is -3.57. The summed E-state index contributed by atoms with van der Waals surface area (Å²) in [6, 6.07) is 24.3. The molecule has 1 fully saturated rings. The molecule has 9 heteroatoms. The lowest BCUT2D eigenvalue weighted by atomic mass is 10.0. The Morgan fingerprint density at radius 3 is 1.89 bits per heavy atom. The number of sulfonamides is 1. The van der Waals surface area contributed by atoms with E-state index in [0.29, 0.717) is 18.8 Å². The number of carbonyl (C=O) groups excluding carboxylic acids is 2. The SMILES string of the molecule is O=C(COC(=O)c1ccc(S(=O)(=O)N2CCCC2)cc1)NN=C(c1ccccc1)c1ccccc1. The van der Waals surface area contributed by atoms with E-state index in [0.717, 1.165) is 24.0 Å². The highest BCUT2D eigenvalue weighted by atomic mass is 32.2. The topological polar surface area (TPSA) is 105 Å². The second kappa shape index (κ2) is 11.1. The van der Waals surface area contributed by atoms with Crippen molar-refractivity contribution in [2.24, 2.45) is 5.10 Å². The second-order valence-corrected chi connectivity index (χ2v) is 9.88. The molecule has 0 spiro atoms. The van der Waals surface area contributed by atoms with Gasteiger partial charge in [-0.15, -0.1) is 0 Å². The lowest BCUT2D eigenvalue weighted by Gasteiger charge is -2.15. The fourth-order valence-electron chi connectivity index (χ4n) is 3.69. The molecule has 1 heterocycles. The molecular formula is C26H25N3O5S. The van der Waals surface area contributed by atoms with Crippen molar-refractivity contribution in [3.8, 4) is 0 Å². The maximum Gasteiger partial charge on any atom is 0.338 e. The molecule has 0 radical (unpaired) electrons. The second-order valence-electron chi connectivity index (χ2n) is 7.94. The summed E-state index contributed by atoms with van der Waals surface area (Å²) in [4.78, 5) is 24.8. The lowest BCUT2D eigenvalue weighted by Crippen LogP contribution is -2.28. The number of esters is 1. The summed E-state index contributed by atoms with van der Waals surface area (Å²) in [5.74, 6) is -1.34. The molecule has 0 atom stereocenters. The molecule has 0 saturated carbocycles. The number of ether oxygens (including phenoxy) is 1. The normalized spacial score (nSPS) is 13.7. The third-order valence-electron chi connectivity index (χ3n) is 5.51. The van der Waals surface area contributed by atoms with Gasteiger partial charge in [0.25, 0.3) is 5.91 Å². The van der Waals surface area contributed by atoms with Crippen LogP contribution in [0.3, 0.4) is 0 Å². The minimum absolute atomic E-state index is 0.123. The van der Waals surface area contributed by atoms with Crippen molar-refractivity contribution >= 4 is 27.6 Å². The Morgan fingerprint density at radius 1 is 0.800 bits per heavy atom. The van der Waals surface area contributed by atoms with Gasteiger partial charge in [0.05, 0.1) is 16.2 Å². The molecule has 1 N–H and O–H groups in total. The molecule has 0 unspecified atom stereocenters. The molecule has 3 aromatic carbocycles. The van der Waals surface area contributed by atoms with Gasteiger partial charge in [-0.25, -0.2) is 18.6 Å². The molecule has 35 heavy (non-hydrogen) atoms. The summed E-state index contributed by atoms with van der Waals surface area (Å²) in [7, 11) is -3.57. The van der Waals surface area contributed by atoms with E-state index in [1.165, 1.54) is 28.6 Å². The number of benzene rings is 3. The average Bonchev–Trinajstić information content (AvgIpc) is 3.45. The number of hydrogen-bond donors (Lipinski definition) is 1. The van der Waals surface area contributed by atoms with Crippen LogP contribution in [0.5, 0.6) is 0 Å². The Hall–Kier alpha value is -3.82. The molecule has 1 aliphatic heterocycles. The van der Waals surface area contributed by atoms with Crippen molar-refractivity contribution in [3.63, 3.8) is 0 Å². The van der Waals surface area contributed by atoms with E-state index >= 15 is 0 Å². The number of nitrogens with one attached hydrogen (secondary N) is 1. The molecular weight excluding hydrogens is 466 g/mol. The monoisotopic (exact) mass is 491 g/mol. The molecule has 1 aliphatic rings. The highest BCUT2D eigenvalue weighted by Crippen LogP contribution is 2.21. The first-order valence-corrected chi connectivity index (χ1v) is 12.6. The number of hydrogen-bond acceptors (Lipinski definition) is 6. The Bertz CT molecular complexity index is 1260. The maximum atomic E-state index is 12.6. The summed E-state index contributed by atoms with van der Waals surface area (Å²) >= 11 is 0. The number of hydrazone groups is 1. The number of rotatable bonds is 8. The summed E-state index contributed by atoms with van der Waals surface area (Å²) in [5.41, 5.74) is 4.79. The van der Waals surface area contributed by atoms with Crippen molar-refractivity contribution in [2.75, 3.05) is 19.7 Å². The third kappa shape index (κ3) is 6.00. The highest BCUT2D eigenvalue weighted by molar-refractivity contribution is 7.89. The van der Waals surface area contributed by atoms with Gasteiger partial charge in [-0.05, 0) is 37.1 Å². The minimum Gasteiger partial charge on any atom is -0.452 e. The van der Waals surface area contributed by atoms with Gasteiger partial charge in [-0.3, -0.25) is 4.79 Å². The number of nitrogens with zero attached hydrogens (tertiary/aromatic N) is 2. The van der Waals surface area contributed by atoms with Crippen LogP contribution in [0.1, 0.15) is 34.3 Å². The lowest BCUT2D eigenvalue weighted by molar-refractivity contribution is -0.124. The van der Waals surface area contributed by atoms with E-state index in [9.17, 15) is 18.0 Å². The van der Waals surface area contributed by atoms with E-state index in [2.05, 4.69) is 10.5 Å². The van der Waals surface area contributed by atoms with Crippen molar-refractivity contribution in [1.29, 1.82) is 0 Å². The predicted molar refractivity (Wildman–Crippen MR) is 131 cm³/mol. The zero-order chi connectivity index (χ0) is 24.7. The van der Waals surface area contributed by atoms with Crippen molar-refractivity contribution in [2.45, 2.75) is 17.7 Å². The molecule has 0 bridgehead atoms. The Morgan fingerprint density at radius 2 is 1.34 bits per heavy atom. The first kappa shape index (κ1) is 24.3. The van der Waals surface area contributed by atoms with Crippen LogP contribution in [0.2, 0.25) is 0 Å². The quantitative estimate of drug-likeness (QED) is 0.296. The summed E-state index contributed by atoms with van der Waals surface area (Å²) in [6.45, 7) is 0.465. The number of carbonyl (C=O) groups is 2. The Labute approximate surface area is 204 Å². The summed E-state index contributed by atoms with van der Waals surface area (Å²) < 4.78 is 31.7. The van der Waals surface area contributed by atoms with Crippen molar-refractivity contribution < 1.29 is 22.7 Å². The van der Waals surface area contributed by atoms with Crippen LogP contribution < -0.4 is 5.43 Å². The summed E-state index contributed by atoms with van der Waals surface area (Å²) in [6.07, 6.45) is 1.68. The van der Waals surface area contributed by atoms with Crippen LogP contribution in [0, 0.1) is 0 Å². The average molecular weight is 492 g/mol. The van der Waals surface area contributed by atoms with Crippen LogP contribution in [0.15, 0.2) is 94.9 Å². The van der Waals surface area contributed by atoms with Gasteiger partial charge >= 0.3 is 5.97 Å². The van der Waals surface area contributed by atoms with Gasteiger partial charge in [0.2, 0.25) is 10.0 Å². The van der Waals surface area contributed by atoms with Gasteiger partial charge in [0.15, 0.2) is 6.61 Å². The van der Waals surface area contributed by atoms with Crippen LogP contribution in [-0.2, 0) is 19.6 Å². The largest absolute Gasteiger partial charge is 0.452 e.